The van der Waals surface area contributed by atoms with Crippen molar-refractivity contribution in [1.29, 1.82) is 0 Å². The zero-order chi connectivity index (χ0) is 16.9. The molecule has 3 rings (SSSR count). The number of benzene rings is 1. The van der Waals surface area contributed by atoms with E-state index < -0.39 is 0 Å². The molecule has 0 unspecified atom stereocenters. The lowest BCUT2D eigenvalue weighted by Gasteiger charge is -2.17. The number of rotatable bonds is 6. The SMILES string of the molecule is Nc1ncnc(NC[C@@H]2CC(=O)N(CCc3ccccc3)C2)c1Cl. The van der Waals surface area contributed by atoms with E-state index in [2.05, 4.69) is 27.4 Å². The third-order valence-electron chi connectivity index (χ3n) is 4.18. The lowest BCUT2D eigenvalue weighted by atomic mass is 10.1. The van der Waals surface area contributed by atoms with E-state index in [0.29, 0.717) is 23.8 Å². The van der Waals surface area contributed by atoms with Gasteiger partial charge < -0.3 is 16.0 Å². The summed E-state index contributed by atoms with van der Waals surface area (Å²) in [6.07, 6.45) is 2.79. The van der Waals surface area contributed by atoms with Crippen LogP contribution in [-0.4, -0.2) is 40.4 Å². The third-order valence-corrected chi connectivity index (χ3v) is 4.56. The number of nitrogen functional groups attached to an aromatic ring is 1. The van der Waals surface area contributed by atoms with E-state index in [1.165, 1.54) is 11.9 Å². The summed E-state index contributed by atoms with van der Waals surface area (Å²) in [4.78, 5) is 22.0. The minimum atomic E-state index is 0.200. The van der Waals surface area contributed by atoms with Crippen LogP contribution < -0.4 is 11.1 Å². The Labute approximate surface area is 146 Å². The monoisotopic (exact) mass is 345 g/mol. The first kappa shape index (κ1) is 16.5. The van der Waals surface area contributed by atoms with Crippen LogP contribution in [0, 0.1) is 5.92 Å². The summed E-state index contributed by atoms with van der Waals surface area (Å²) in [5, 5.41) is 3.49. The van der Waals surface area contributed by atoms with Crippen molar-refractivity contribution in [3.63, 3.8) is 0 Å². The van der Waals surface area contributed by atoms with Crippen molar-refractivity contribution < 1.29 is 4.79 Å². The summed E-state index contributed by atoms with van der Waals surface area (Å²) < 4.78 is 0. The molecule has 0 aliphatic carbocycles. The number of carbonyl (C=O) groups excluding carboxylic acids is 1. The van der Waals surface area contributed by atoms with E-state index in [-0.39, 0.29) is 17.6 Å². The van der Waals surface area contributed by atoms with E-state index in [1.54, 1.807) is 0 Å². The summed E-state index contributed by atoms with van der Waals surface area (Å²) in [7, 11) is 0. The largest absolute Gasteiger partial charge is 0.382 e. The highest BCUT2D eigenvalue weighted by atomic mass is 35.5. The van der Waals surface area contributed by atoms with E-state index in [4.69, 9.17) is 17.3 Å². The summed E-state index contributed by atoms with van der Waals surface area (Å²) in [5.74, 6) is 1.20. The molecule has 0 spiro atoms. The second kappa shape index (κ2) is 7.49. The lowest BCUT2D eigenvalue weighted by molar-refractivity contribution is -0.127. The number of nitrogens with two attached hydrogens (primary N) is 1. The number of halogens is 1. The minimum absolute atomic E-state index is 0.200. The number of nitrogens with zero attached hydrogens (tertiary/aromatic N) is 3. The Balaban J connectivity index is 1.50. The molecule has 1 aromatic carbocycles. The molecule has 1 aliphatic heterocycles. The van der Waals surface area contributed by atoms with Crippen LogP contribution in [0.15, 0.2) is 36.7 Å². The third kappa shape index (κ3) is 3.94. The van der Waals surface area contributed by atoms with Crippen LogP contribution in [0.1, 0.15) is 12.0 Å². The second-order valence-corrected chi connectivity index (χ2v) is 6.33. The van der Waals surface area contributed by atoms with Crippen molar-refractivity contribution in [2.24, 2.45) is 5.92 Å². The first-order valence-corrected chi connectivity index (χ1v) is 8.33. The summed E-state index contributed by atoms with van der Waals surface area (Å²) in [6.45, 7) is 2.13. The second-order valence-electron chi connectivity index (χ2n) is 5.95. The highest BCUT2D eigenvalue weighted by Crippen LogP contribution is 2.25. The maximum Gasteiger partial charge on any atom is 0.223 e. The molecule has 1 fully saturated rings. The first-order chi connectivity index (χ1) is 11.6. The molecule has 2 aromatic rings. The van der Waals surface area contributed by atoms with Gasteiger partial charge in [0.05, 0.1) is 0 Å². The molecule has 1 atom stereocenters. The number of carbonyl (C=O) groups is 1. The zero-order valence-corrected chi connectivity index (χ0v) is 14.0. The van der Waals surface area contributed by atoms with Crippen molar-refractivity contribution in [1.82, 2.24) is 14.9 Å². The van der Waals surface area contributed by atoms with E-state index in [1.807, 2.05) is 23.1 Å². The van der Waals surface area contributed by atoms with Crippen LogP contribution >= 0.6 is 11.6 Å². The standard InChI is InChI=1S/C17H20ClN5O/c18-15-16(19)21-11-22-17(15)20-9-13-8-14(24)23(10-13)7-6-12-4-2-1-3-5-12/h1-5,11,13H,6-10H2,(H3,19,20,21,22)/t13-/m0/s1. The number of hydrogen-bond acceptors (Lipinski definition) is 5. The van der Waals surface area contributed by atoms with Crippen LogP contribution in [0.3, 0.4) is 0 Å². The van der Waals surface area contributed by atoms with Gasteiger partial charge in [-0.1, -0.05) is 41.9 Å². The van der Waals surface area contributed by atoms with Gasteiger partial charge in [-0.3, -0.25) is 4.79 Å². The first-order valence-electron chi connectivity index (χ1n) is 7.95. The predicted molar refractivity (Wildman–Crippen MR) is 94.8 cm³/mol. The van der Waals surface area contributed by atoms with Gasteiger partial charge in [0.25, 0.3) is 0 Å². The van der Waals surface area contributed by atoms with Crippen LogP contribution in [-0.2, 0) is 11.2 Å². The van der Waals surface area contributed by atoms with Gasteiger partial charge in [0, 0.05) is 32.0 Å². The van der Waals surface area contributed by atoms with E-state index >= 15 is 0 Å². The molecule has 1 amide bonds. The Morgan fingerprint density at radius 3 is 2.88 bits per heavy atom. The van der Waals surface area contributed by atoms with Gasteiger partial charge in [-0.15, -0.1) is 0 Å². The molecule has 0 radical (unpaired) electrons. The van der Waals surface area contributed by atoms with Crippen LogP contribution in [0.4, 0.5) is 11.6 Å². The van der Waals surface area contributed by atoms with Gasteiger partial charge in [0.1, 0.15) is 23.0 Å². The van der Waals surface area contributed by atoms with Gasteiger partial charge in [-0.25, -0.2) is 9.97 Å². The molecular formula is C17H20ClN5O. The maximum atomic E-state index is 12.2. The molecule has 1 aliphatic rings. The van der Waals surface area contributed by atoms with E-state index in [0.717, 1.165) is 19.5 Å². The van der Waals surface area contributed by atoms with Crippen molar-refractivity contribution in [2.75, 3.05) is 30.7 Å². The van der Waals surface area contributed by atoms with Gasteiger partial charge >= 0.3 is 0 Å². The topological polar surface area (TPSA) is 84.1 Å². The van der Waals surface area contributed by atoms with Gasteiger partial charge in [-0.2, -0.15) is 0 Å². The van der Waals surface area contributed by atoms with Crippen molar-refractivity contribution >= 4 is 29.1 Å². The molecular weight excluding hydrogens is 326 g/mol. The molecule has 6 nitrogen and oxygen atoms in total. The molecule has 7 heteroatoms. The molecule has 1 aromatic heterocycles. The highest BCUT2D eigenvalue weighted by Gasteiger charge is 2.29. The number of anilines is 2. The number of aromatic nitrogens is 2. The number of hydrogen-bond donors (Lipinski definition) is 2. The molecule has 24 heavy (non-hydrogen) atoms. The molecule has 0 saturated carbocycles. The van der Waals surface area contributed by atoms with Gasteiger partial charge in [0.2, 0.25) is 5.91 Å². The fourth-order valence-electron chi connectivity index (χ4n) is 2.86. The van der Waals surface area contributed by atoms with Gasteiger partial charge in [0.15, 0.2) is 0 Å². The smallest absolute Gasteiger partial charge is 0.223 e. The Kier molecular flexibility index (Phi) is 5.15. The fraction of sp³-hybridized carbons (Fsp3) is 0.353. The van der Waals surface area contributed by atoms with Crippen LogP contribution in [0.25, 0.3) is 0 Å². The number of nitrogens with one attached hydrogen (secondary N) is 1. The Bertz CT molecular complexity index is 709. The molecule has 1 saturated heterocycles. The number of likely N-dealkylation sites (tertiary alicyclic amines) is 1. The Morgan fingerprint density at radius 2 is 2.08 bits per heavy atom. The molecule has 3 N–H and O–H groups in total. The Morgan fingerprint density at radius 1 is 1.29 bits per heavy atom. The maximum absolute atomic E-state index is 12.2. The van der Waals surface area contributed by atoms with Crippen molar-refractivity contribution in [2.45, 2.75) is 12.8 Å². The van der Waals surface area contributed by atoms with Crippen LogP contribution in [0.5, 0.6) is 0 Å². The lowest BCUT2D eigenvalue weighted by Crippen LogP contribution is -2.28. The van der Waals surface area contributed by atoms with Crippen molar-refractivity contribution in [3.8, 4) is 0 Å². The van der Waals surface area contributed by atoms with Gasteiger partial charge in [-0.05, 0) is 12.0 Å². The number of amides is 1. The van der Waals surface area contributed by atoms with E-state index in [9.17, 15) is 4.79 Å². The minimum Gasteiger partial charge on any atom is -0.382 e. The molecule has 2 heterocycles. The van der Waals surface area contributed by atoms with Crippen molar-refractivity contribution in [3.05, 3.63) is 47.2 Å². The molecule has 0 bridgehead atoms. The fourth-order valence-corrected chi connectivity index (χ4v) is 3.03. The summed E-state index contributed by atoms with van der Waals surface area (Å²) >= 11 is 6.06. The molecule has 126 valence electrons. The zero-order valence-electron chi connectivity index (χ0n) is 13.3. The summed E-state index contributed by atoms with van der Waals surface area (Å²) in [5.41, 5.74) is 6.90. The average molecular weight is 346 g/mol. The highest BCUT2D eigenvalue weighted by molar-refractivity contribution is 6.35. The quantitative estimate of drug-likeness (QED) is 0.838. The average Bonchev–Trinajstić information content (AvgIpc) is 2.95. The summed E-state index contributed by atoms with van der Waals surface area (Å²) in [6, 6.07) is 10.2. The normalized spacial score (nSPS) is 17.3. The Hall–Kier alpha value is -2.34. The predicted octanol–water partition coefficient (Wildman–Crippen LogP) is 2.22. The van der Waals surface area contributed by atoms with Crippen LogP contribution in [0.2, 0.25) is 5.02 Å².